The highest BCUT2D eigenvalue weighted by atomic mass is 32.1. The summed E-state index contributed by atoms with van der Waals surface area (Å²) in [4.78, 5) is 8.31. The van der Waals surface area contributed by atoms with Crippen LogP contribution in [0.2, 0.25) is 0 Å². The van der Waals surface area contributed by atoms with Gasteiger partial charge in [0, 0.05) is 12.8 Å². The topological polar surface area (TPSA) is 55.2 Å². The molecular weight excluding hydrogens is 200 g/mol. The Hall–Kier alpha value is -1.27. The number of fused-ring (bicyclic) bond motifs is 1. The molecule has 2 heterocycles. The Morgan fingerprint density at radius 1 is 1.57 bits per heavy atom. The Morgan fingerprint density at radius 2 is 2.36 bits per heavy atom. The van der Waals surface area contributed by atoms with Crippen molar-refractivity contribution in [2.75, 3.05) is 7.11 Å². The normalized spacial score (nSPS) is 11.0. The Bertz CT molecular complexity index is 516. The number of ether oxygens (including phenoxy) is 1. The van der Waals surface area contributed by atoms with E-state index in [4.69, 9.17) is 17.0 Å². The van der Waals surface area contributed by atoms with E-state index < -0.39 is 0 Å². The zero-order valence-corrected chi connectivity index (χ0v) is 8.76. The predicted octanol–water partition coefficient (Wildman–Crippen LogP) is 1.24. The second-order valence-corrected chi connectivity index (χ2v) is 3.37. The molecule has 14 heavy (non-hydrogen) atoms. The van der Waals surface area contributed by atoms with Crippen molar-refractivity contribution in [3.05, 3.63) is 22.2 Å². The lowest BCUT2D eigenvalue weighted by Gasteiger charge is -2.03. The highest BCUT2D eigenvalue weighted by Gasteiger charge is 2.04. The lowest BCUT2D eigenvalue weighted by molar-refractivity contribution is 0.179. The van der Waals surface area contributed by atoms with E-state index in [0.717, 1.165) is 11.4 Å². The fourth-order valence-electron chi connectivity index (χ4n) is 1.34. The molecular formula is C8H10N4OS. The summed E-state index contributed by atoms with van der Waals surface area (Å²) in [6, 6.07) is 1.93. The third kappa shape index (κ3) is 1.53. The van der Waals surface area contributed by atoms with Crippen LogP contribution in [0.1, 0.15) is 11.4 Å². The lowest BCUT2D eigenvalue weighted by atomic mass is 10.3. The van der Waals surface area contributed by atoms with Gasteiger partial charge in [0.1, 0.15) is 0 Å². The van der Waals surface area contributed by atoms with Gasteiger partial charge in [0.25, 0.3) is 5.78 Å². The maximum atomic E-state index is 5.07. The van der Waals surface area contributed by atoms with E-state index in [1.165, 1.54) is 0 Å². The Labute approximate surface area is 85.7 Å². The Morgan fingerprint density at radius 3 is 3.07 bits per heavy atom. The summed E-state index contributed by atoms with van der Waals surface area (Å²) >= 11 is 4.93. The van der Waals surface area contributed by atoms with Crippen LogP contribution in [0, 0.1) is 11.7 Å². The second kappa shape index (κ2) is 3.47. The zero-order valence-electron chi connectivity index (χ0n) is 7.94. The van der Waals surface area contributed by atoms with Gasteiger partial charge < -0.3 is 4.74 Å². The van der Waals surface area contributed by atoms with Crippen molar-refractivity contribution in [1.29, 1.82) is 0 Å². The predicted molar refractivity (Wildman–Crippen MR) is 53.6 cm³/mol. The molecule has 0 saturated heterocycles. The van der Waals surface area contributed by atoms with Gasteiger partial charge in [-0.25, -0.2) is 9.50 Å². The van der Waals surface area contributed by atoms with Gasteiger partial charge >= 0.3 is 0 Å². The number of nitrogens with one attached hydrogen (secondary N) is 1. The molecule has 0 aliphatic rings. The highest BCUT2D eigenvalue weighted by molar-refractivity contribution is 7.71. The monoisotopic (exact) mass is 210 g/mol. The van der Waals surface area contributed by atoms with Crippen LogP contribution in [-0.2, 0) is 11.3 Å². The van der Waals surface area contributed by atoms with Crippen LogP contribution in [0.15, 0.2) is 6.07 Å². The molecule has 0 radical (unpaired) electrons. The van der Waals surface area contributed by atoms with Crippen molar-refractivity contribution >= 4 is 18.0 Å². The fourth-order valence-corrected chi connectivity index (χ4v) is 1.51. The highest BCUT2D eigenvalue weighted by Crippen LogP contribution is 2.05. The Kier molecular flexibility index (Phi) is 2.30. The average Bonchev–Trinajstić information content (AvgIpc) is 2.45. The number of aromatic amines is 1. The minimum atomic E-state index is 0.431. The van der Waals surface area contributed by atoms with Gasteiger partial charge in [-0.2, -0.15) is 4.98 Å². The molecule has 6 heteroatoms. The Balaban J connectivity index is 2.72. The average molecular weight is 210 g/mol. The van der Waals surface area contributed by atoms with Gasteiger partial charge in [-0.05, 0) is 25.2 Å². The van der Waals surface area contributed by atoms with E-state index in [9.17, 15) is 0 Å². The maximum Gasteiger partial charge on any atom is 0.252 e. The molecule has 0 spiro atoms. The number of nitrogens with zero attached hydrogens (tertiary/aromatic N) is 3. The molecule has 5 nitrogen and oxygen atoms in total. The molecule has 0 aliphatic heterocycles. The number of H-pyrrole nitrogens is 1. The fraction of sp³-hybridized carbons (Fsp3) is 0.375. The summed E-state index contributed by atoms with van der Waals surface area (Å²) in [5.74, 6) is 0.585. The number of methoxy groups -OCH3 is 1. The van der Waals surface area contributed by atoms with E-state index in [1.807, 2.05) is 13.0 Å². The molecule has 0 aliphatic carbocycles. The van der Waals surface area contributed by atoms with E-state index in [1.54, 1.807) is 11.6 Å². The molecule has 0 saturated carbocycles. The van der Waals surface area contributed by atoms with Crippen molar-refractivity contribution < 1.29 is 4.74 Å². The zero-order chi connectivity index (χ0) is 10.1. The molecule has 0 aromatic carbocycles. The first kappa shape index (κ1) is 9.29. The first-order chi connectivity index (χ1) is 6.70. The first-order valence-electron chi connectivity index (χ1n) is 4.15. The molecule has 74 valence electrons. The first-order valence-corrected chi connectivity index (χ1v) is 4.56. The molecule has 2 rings (SSSR count). The van der Waals surface area contributed by atoms with Crippen LogP contribution >= 0.6 is 12.2 Å². The van der Waals surface area contributed by atoms with E-state index >= 15 is 0 Å². The molecule has 0 atom stereocenters. The van der Waals surface area contributed by atoms with E-state index in [2.05, 4.69) is 15.1 Å². The van der Waals surface area contributed by atoms with Crippen molar-refractivity contribution in [2.24, 2.45) is 0 Å². The second-order valence-electron chi connectivity index (χ2n) is 2.99. The minimum absolute atomic E-state index is 0.431. The quantitative estimate of drug-likeness (QED) is 0.758. The van der Waals surface area contributed by atoms with Crippen LogP contribution < -0.4 is 0 Å². The van der Waals surface area contributed by atoms with Gasteiger partial charge in [0.15, 0.2) is 0 Å². The summed E-state index contributed by atoms with van der Waals surface area (Å²) in [6.45, 7) is 2.42. The van der Waals surface area contributed by atoms with Gasteiger partial charge in [0.2, 0.25) is 4.77 Å². The SMILES string of the molecule is COCc1cc(C)nc2nc(=S)[nH]n12. The molecule has 2 aromatic rings. The van der Waals surface area contributed by atoms with Crippen LogP contribution in [0.5, 0.6) is 0 Å². The standard InChI is InChI=1S/C8H10N4OS/c1-5-3-6(4-13-2)12-7(9-5)10-8(14)11-12/h3H,4H2,1-2H3,(H,11,14). The number of aromatic nitrogens is 4. The van der Waals surface area contributed by atoms with Crippen LogP contribution in [0.25, 0.3) is 5.78 Å². The summed E-state index contributed by atoms with van der Waals surface area (Å²) in [6.07, 6.45) is 0. The van der Waals surface area contributed by atoms with Crippen molar-refractivity contribution in [3.8, 4) is 0 Å². The van der Waals surface area contributed by atoms with Gasteiger partial charge in [-0.15, -0.1) is 0 Å². The van der Waals surface area contributed by atoms with Crippen LogP contribution in [-0.4, -0.2) is 26.7 Å². The maximum absolute atomic E-state index is 5.07. The van der Waals surface area contributed by atoms with E-state index in [0.29, 0.717) is 17.2 Å². The summed E-state index contributed by atoms with van der Waals surface area (Å²) in [5, 5.41) is 2.92. The molecule has 0 bridgehead atoms. The summed E-state index contributed by atoms with van der Waals surface area (Å²) in [5.41, 5.74) is 1.86. The summed E-state index contributed by atoms with van der Waals surface area (Å²) < 4.78 is 7.24. The van der Waals surface area contributed by atoms with E-state index in [-0.39, 0.29) is 0 Å². The third-order valence-corrected chi connectivity index (χ3v) is 2.02. The number of hydrogen-bond donors (Lipinski definition) is 1. The number of aryl methyl sites for hydroxylation is 1. The lowest BCUT2D eigenvalue weighted by Crippen LogP contribution is -2.03. The van der Waals surface area contributed by atoms with Crippen molar-refractivity contribution in [3.63, 3.8) is 0 Å². The minimum Gasteiger partial charge on any atom is -0.378 e. The van der Waals surface area contributed by atoms with Gasteiger partial charge in [0.05, 0.1) is 12.3 Å². The number of rotatable bonds is 2. The van der Waals surface area contributed by atoms with Crippen LogP contribution in [0.4, 0.5) is 0 Å². The van der Waals surface area contributed by atoms with Crippen molar-refractivity contribution in [1.82, 2.24) is 19.6 Å². The van der Waals surface area contributed by atoms with Crippen molar-refractivity contribution in [2.45, 2.75) is 13.5 Å². The smallest absolute Gasteiger partial charge is 0.252 e. The molecule has 2 aromatic heterocycles. The molecule has 0 amide bonds. The molecule has 1 N–H and O–H groups in total. The number of hydrogen-bond acceptors (Lipinski definition) is 4. The van der Waals surface area contributed by atoms with Gasteiger partial charge in [-0.1, -0.05) is 0 Å². The van der Waals surface area contributed by atoms with Gasteiger partial charge in [-0.3, -0.25) is 5.10 Å². The van der Waals surface area contributed by atoms with Crippen LogP contribution in [0.3, 0.4) is 0 Å². The summed E-state index contributed by atoms with van der Waals surface area (Å²) in [7, 11) is 1.65. The third-order valence-electron chi connectivity index (χ3n) is 1.84. The largest absolute Gasteiger partial charge is 0.378 e. The molecule has 0 unspecified atom stereocenters. The molecule has 0 fully saturated rings.